The molecule has 0 aliphatic rings. The van der Waals surface area contributed by atoms with Crippen molar-refractivity contribution in [3.63, 3.8) is 0 Å². The molecule has 0 aromatic heterocycles. The van der Waals surface area contributed by atoms with Crippen LogP contribution in [0.15, 0.2) is 23.1 Å². The van der Waals surface area contributed by atoms with Gasteiger partial charge in [0.15, 0.2) is 0 Å². The summed E-state index contributed by atoms with van der Waals surface area (Å²) in [6.45, 7) is 4.06. The Morgan fingerprint density at radius 2 is 2.35 bits per heavy atom. The van der Waals surface area contributed by atoms with Gasteiger partial charge in [-0.05, 0) is 37.6 Å². The van der Waals surface area contributed by atoms with Crippen LogP contribution in [-0.2, 0) is 4.79 Å². The number of terminal acetylenes is 1. The van der Waals surface area contributed by atoms with E-state index in [1.807, 2.05) is 32.0 Å². The van der Waals surface area contributed by atoms with Crippen molar-refractivity contribution in [2.75, 3.05) is 12.3 Å². The maximum atomic E-state index is 11.6. The van der Waals surface area contributed by atoms with E-state index >= 15 is 0 Å². The zero-order valence-corrected chi connectivity index (χ0v) is 10.8. The Kier molecular flexibility index (Phi) is 4.92. The van der Waals surface area contributed by atoms with Gasteiger partial charge in [0.2, 0.25) is 5.91 Å². The molecule has 0 aliphatic heterocycles. The summed E-state index contributed by atoms with van der Waals surface area (Å²) in [7, 11) is 0. The molecule has 1 unspecified atom stereocenters. The molecule has 1 aromatic rings. The summed E-state index contributed by atoms with van der Waals surface area (Å²) >= 11 is 1.49. The topological polar surface area (TPSA) is 55.1 Å². The van der Waals surface area contributed by atoms with Crippen molar-refractivity contribution in [1.29, 1.82) is 0 Å². The Morgan fingerprint density at radius 3 is 2.94 bits per heavy atom. The summed E-state index contributed by atoms with van der Waals surface area (Å²) in [4.78, 5) is 12.6. The first kappa shape index (κ1) is 13.5. The van der Waals surface area contributed by atoms with Crippen molar-refractivity contribution in [2.24, 2.45) is 0 Å². The van der Waals surface area contributed by atoms with Crippen LogP contribution in [0.2, 0.25) is 0 Å². The lowest BCUT2D eigenvalue weighted by atomic mass is 10.2. The molecule has 0 saturated heterocycles. The van der Waals surface area contributed by atoms with E-state index in [1.54, 1.807) is 0 Å². The van der Waals surface area contributed by atoms with E-state index in [9.17, 15) is 4.79 Å². The summed E-state index contributed by atoms with van der Waals surface area (Å²) < 4.78 is 0. The number of nitrogen functional groups attached to an aromatic ring is 1. The number of hydrogen-bond acceptors (Lipinski definition) is 3. The predicted molar refractivity (Wildman–Crippen MR) is 72.8 cm³/mol. The van der Waals surface area contributed by atoms with Crippen LogP contribution < -0.4 is 11.1 Å². The Labute approximate surface area is 106 Å². The molecule has 0 spiro atoms. The molecular weight excluding hydrogens is 232 g/mol. The second kappa shape index (κ2) is 6.21. The molecule has 0 radical (unpaired) electrons. The van der Waals surface area contributed by atoms with Crippen molar-refractivity contribution >= 4 is 23.4 Å². The van der Waals surface area contributed by atoms with Crippen LogP contribution >= 0.6 is 11.8 Å². The monoisotopic (exact) mass is 248 g/mol. The van der Waals surface area contributed by atoms with Crippen molar-refractivity contribution in [3.05, 3.63) is 23.8 Å². The van der Waals surface area contributed by atoms with Crippen molar-refractivity contribution in [3.8, 4) is 12.3 Å². The van der Waals surface area contributed by atoms with E-state index < -0.39 is 0 Å². The number of thioether (sulfide) groups is 1. The number of aryl methyl sites for hydroxylation is 1. The highest BCUT2D eigenvalue weighted by Gasteiger charge is 2.13. The zero-order chi connectivity index (χ0) is 12.8. The van der Waals surface area contributed by atoms with Crippen LogP contribution in [0.1, 0.15) is 12.5 Å². The van der Waals surface area contributed by atoms with E-state index in [2.05, 4.69) is 11.2 Å². The molecule has 4 heteroatoms. The van der Waals surface area contributed by atoms with E-state index in [4.69, 9.17) is 12.2 Å². The molecule has 3 nitrogen and oxygen atoms in total. The smallest absolute Gasteiger partial charge is 0.233 e. The number of anilines is 1. The largest absolute Gasteiger partial charge is 0.399 e. The van der Waals surface area contributed by atoms with Gasteiger partial charge in [0, 0.05) is 10.6 Å². The van der Waals surface area contributed by atoms with Crippen LogP contribution in [0, 0.1) is 19.3 Å². The quantitative estimate of drug-likeness (QED) is 0.485. The Balaban J connectivity index is 2.62. The van der Waals surface area contributed by atoms with Gasteiger partial charge in [-0.2, -0.15) is 0 Å². The molecule has 0 aliphatic carbocycles. The first-order valence-electron chi connectivity index (χ1n) is 5.28. The fourth-order valence-corrected chi connectivity index (χ4v) is 2.25. The number of carbonyl (C=O) groups excluding carboxylic acids is 1. The second-order valence-corrected chi connectivity index (χ2v) is 5.11. The number of nitrogens with two attached hydrogens (primary N) is 1. The molecule has 1 aromatic carbocycles. The molecule has 0 fully saturated rings. The van der Waals surface area contributed by atoms with Gasteiger partial charge in [-0.25, -0.2) is 0 Å². The standard InChI is InChI=1S/C13H16N2OS/c1-4-7-15-13(16)10(3)17-11-5-6-12(14)9(2)8-11/h1,5-6,8,10H,7,14H2,2-3H3,(H,15,16). The molecule has 3 N–H and O–H groups in total. The van der Waals surface area contributed by atoms with Crippen molar-refractivity contribution in [2.45, 2.75) is 24.0 Å². The number of hydrogen-bond donors (Lipinski definition) is 2. The Morgan fingerprint density at radius 1 is 1.65 bits per heavy atom. The van der Waals surface area contributed by atoms with Gasteiger partial charge < -0.3 is 11.1 Å². The third-order valence-corrected chi connectivity index (χ3v) is 3.38. The third-order valence-electron chi connectivity index (χ3n) is 2.29. The second-order valence-electron chi connectivity index (χ2n) is 3.70. The average molecular weight is 248 g/mol. The minimum atomic E-state index is -0.175. The summed E-state index contributed by atoms with van der Waals surface area (Å²) in [5, 5.41) is 2.48. The average Bonchev–Trinajstić information content (AvgIpc) is 2.30. The third kappa shape index (κ3) is 4.04. The van der Waals surface area contributed by atoms with Gasteiger partial charge in [0.25, 0.3) is 0 Å². The molecule has 90 valence electrons. The molecule has 1 atom stereocenters. The van der Waals surface area contributed by atoms with Gasteiger partial charge in [-0.15, -0.1) is 18.2 Å². The molecule has 0 bridgehead atoms. The molecule has 0 heterocycles. The Bertz CT molecular complexity index is 451. The van der Waals surface area contributed by atoms with E-state index in [-0.39, 0.29) is 17.7 Å². The van der Waals surface area contributed by atoms with Gasteiger partial charge in [-0.1, -0.05) is 5.92 Å². The SMILES string of the molecule is C#CCNC(=O)C(C)Sc1ccc(N)c(C)c1. The lowest BCUT2D eigenvalue weighted by Gasteiger charge is -2.11. The number of benzene rings is 1. The highest BCUT2D eigenvalue weighted by atomic mass is 32.2. The molecule has 1 rings (SSSR count). The lowest BCUT2D eigenvalue weighted by Crippen LogP contribution is -2.31. The Hall–Kier alpha value is -1.60. The minimum absolute atomic E-state index is 0.0533. The summed E-state index contributed by atoms with van der Waals surface area (Å²) in [6.07, 6.45) is 5.08. The number of rotatable bonds is 4. The van der Waals surface area contributed by atoms with Crippen LogP contribution in [0.5, 0.6) is 0 Å². The maximum Gasteiger partial charge on any atom is 0.233 e. The number of amides is 1. The number of nitrogens with one attached hydrogen (secondary N) is 1. The molecule has 17 heavy (non-hydrogen) atoms. The highest BCUT2D eigenvalue weighted by molar-refractivity contribution is 8.00. The normalized spacial score (nSPS) is 11.6. The van der Waals surface area contributed by atoms with Crippen LogP contribution in [0.3, 0.4) is 0 Å². The van der Waals surface area contributed by atoms with Crippen LogP contribution in [0.25, 0.3) is 0 Å². The fraction of sp³-hybridized carbons (Fsp3) is 0.308. The summed E-state index contributed by atoms with van der Waals surface area (Å²) in [6, 6.07) is 5.74. The van der Waals surface area contributed by atoms with Gasteiger partial charge in [0.05, 0.1) is 11.8 Å². The lowest BCUT2D eigenvalue weighted by molar-refractivity contribution is -0.120. The summed E-state index contributed by atoms with van der Waals surface area (Å²) in [5.41, 5.74) is 7.52. The summed E-state index contributed by atoms with van der Waals surface area (Å²) in [5.74, 6) is 2.32. The maximum absolute atomic E-state index is 11.6. The highest BCUT2D eigenvalue weighted by Crippen LogP contribution is 2.26. The molecular formula is C13H16N2OS. The van der Waals surface area contributed by atoms with Crippen molar-refractivity contribution < 1.29 is 4.79 Å². The zero-order valence-electron chi connectivity index (χ0n) is 9.99. The van der Waals surface area contributed by atoms with Gasteiger partial charge >= 0.3 is 0 Å². The number of carbonyl (C=O) groups is 1. The van der Waals surface area contributed by atoms with Crippen LogP contribution in [-0.4, -0.2) is 17.7 Å². The van der Waals surface area contributed by atoms with Gasteiger partial charge in [-0.3, -0.25) is 4.79 Å². The van der Waals surface area contributed by atoms with Crippen LogP contribution in [0.4, 0.5) is 5.69 Å². The van der Waals surface area contributed by atoms with E-state index in [0.717, 1.165) is 16.1 Å². The van der Waals surface area contributed by atoms with E-state index in [1.165, 1.54) is 11.8 Å². The molecule has 0 saturated carbocycles. The first-order valence-corrected chi connectivity index (χ1v) is 6.16. The fourth-order valence-electron chi connectivity index (χ4n) is 1.26. The minimum Gasteiger partial charge on any atom is -0.399 e. The van der Waals surface area contributed by atoms with Crippen molar-refractivity contribution in [1.82, 2.24) is 5.32 Å². The van der Waals surface area contributed by atoms with Gasteiger partial charge in [0.1, 0.15) is 0 Å². The predicted octanol–water partition coefficient (Wildman–Crippen LogP) is 1.81. The molecule has 1 amide bonds. The first-order chi connectivity index (χ1) is 8.04. The van der Waals surface area contributed by atoms with E-state index in [0.29, 0.717) is 0 Å².